The zero-order valence-corrected chi connectivity index (χ0v) is 13.4. The molecule has 1 saturated heterocycles. The first-order valence-corrected chi connectivity index (χ1v) is 7.91. The van der Waals surface area contributed by atoms with Crippen LogP contribution in [0.3, 0.4) is 0 Å². The number of likely N-dealkylation sites (tertiary alicyclic amines) is 1. The molecular formula is C15H20BrN3O2. The first-order chi connectivity index (χ1) is 10.1. The number of halogens is 1. The molecule has 0 bridgehead atoms. The highest BCUT2D eigenvalue weighted by Crippen LogP contribution is 2.15. The molecular weight excluding hydrogens is 334 g/mol. The maximum atomic E-state index is 12.0. The van der Waals surface area contributed by atoms with Crippen LogP contribution in [0.1, 0.15) is 23.2 Å². The first-order valence-electron chi connectivity index (χ1n) is 7.11. The Hall–Kier alpha value is -1.40. The highest BCUT2D eigenvalue weighted by atomic mass is 79.9. The second-order valence-electron chi connectivity index (χ2n) is 5.24. The molecule has 6 heteroatoms. The van der Waals surface area contributed by atoms with Crippen molar-refractivity contribution < 1.29 is 9.59 Å². The van der Waals surface area contributed by atoms with Crippen molar-refractivity contribution in [1.29, 1.82) is 0 Å². The number of benzene rings is 1. The molecule has 0 aromatic heterocycles. The van der Waals surface area contributed by atoms with E-state index >= 15 is 0 Å². The summed E-state index contributed by atoms with van der Waals surface area (Å²) in [7, 11) is 0. The summed E-state index contributed by atoms with van der Waals surface area (Å²) in [4.78, 5) is 25.7. The van der Waals surface area contributed by atoms with Gasteiger partial charge in [0.15, 0.2) is 0 Å². The lowest BCUT2D eigenvalue weighted by Crippen LogP contribution is -2.33. The Bertz CT molecular complexity index is 504. The molecule has 0 aliphatic carbocycles. The van der Waals surface area contributed by atoms with Crippen LogP contribution >= 0.6 is 15.9 Å². The Balaban J connectivity index is 1.73. The van der Waals surface area contributed by atoms with Gasteiger partial charge >= 0.3 is 0 Å². The summed E-state index contributed by atoms with van der Waals surface area (Å²) in [6.07, 6.45) is 1.31. The second-order valence-corrected chi connectivity index (χ2v) is 6.16. The van der Waals surface area contributed by atoms with E-state index in [1.54, 1.807) is 12.1 Å². The summed E-state index contributed by atoms with van der Waals surface area (Å²) in [5, 5.41) is 2.77. The number of carbonyl (C=O) groups is 2. The SMILES string of the molecule is NCC1CCN(C(=O)CCNC(=O)c2ccc(Br)cc2)C1. The molecule has 3 N–H and O–H groups in total. The van der Waals surface area contributed by atoms with Gasteiger partial charge in [-0.3, -0.25) is 9.59 Å². The number of nitrogens with two attached hydrogens (primary N) is 1. The highest BCUT2D eigenvalue weighted by Gasteiger charge is 2.24. The van der Waals surface area contributed by atoms with Crippen molar-refractivity contribution in [3.05, 3.63) is 34.3 Å². The van der Waals surface area contributed by atoms with Crippen molar-refractivity contribution in [2.75, 3.05) is 26.2 Å². The van der Waals surface area contributed by atoms with Gasteiger partial charge in [-0.15, -0.1) is 0 Å². The maximum Gasteiger partial charge on any atom is 0.251 e. The number of carbonyl (C=O) groups excluding carboxylic acids is 2. The van der Waals surface area contributed by atoms with Crippen LogP contribution in [0.5, 0.6) is 0 Å². The maximum absolute atomic E-state index is 12.0. The van der Waals surface area contributed by atoms with Gasteiger partial charge in [-0.1, -0.05) is 15.9 Å². The Labute approximate surface area is 133 Å². The van der Waals surface area contributed by atoms with Gasteiger partial charge in [0, 0.05) is 36.1 Å². The van der Waals surface area contributed by atoms with Crippen LogP contribution < -0.4 is 11.1 Å². The largest absolute Gasteiger partial charge is 0.352 e. The topological polar surface area (TPSA) is 75.4 Å². The fraction of sp³-hybridized carbons (Fsp3) is 0.467. The molecule has 1 aliphatic rings. The smallest absolute Gasteiger partial charge is 0.251 e. The summed E-state index contributed by atoms with van der Waals surface area (Å²) in [5.41, 5.74) is 6.21. The summed E-state index contributed by atoms with van der Waals surface area (Å²) >= 11 is 3.32. The van der Waals surface area contributed by atoms with Crippen LogP contribution in [-0.2, 0) is 4.79 Å². The molecule has 114 valence electrons. The molecule has 21 heavy (non-hydrogen) atoms. The summed E-state index contributed by atoms with van der Waals surface area (Å²) < 4.78 is 0.928. The molecule has 0 saturated carbocycles. The molecule has 1 unspecified atom stereocenters. The lowest BCUT2D eigenvalue weighted by Gasteiger charge is -2.16. The van der Waals surface area contributed by atoms with Crippen molar-refractivity contribution in [3.63, 3.8) is 0 Å². The van der Waals surface area contributed by atoms with Crippen molar-refractivity contribution >= 4 is 27.7 Å². The van der Waals surface area contributed by atoms with Crippen LogP contribution in [0.2, 0.25) is 0 Å². The average Bonchev–Trinajstić information content (AvgIpc) is 2.96. The Morgan fingerprint density at radius 1 is 1.33 bits per heavy atom. The molecule has 1 aromatic carbocycles. The monoisotopic (exact) mass is 353 g/mol. The van der Waals surface area contributed by atoms with E-state index in [-0.39, 0.29) is 11.8 Å². The van der Waals surface area contributed by atoms with Gasteiger partial charge in [-0.2, -0.15) is 0 Å². The number of amides is 2. The lowest BCUT2D eigenvalue weighted by atomic mass is 10.1. The van der Waals surface area contributed by atoms with E-state index in [9.17, 15) is 9.59 Å². The van der Waals surface area contributed by atoms with E-state index in [2.05, 4.69) is 21.2 Å². The molecule has 5 nitrogen and oxygen atoms in total. The summed E-state index contributed by atoms with van der Waals surface area (Å²) in [6, 6.07) is 7.12. The molecule has 0 spiro atoms. The van der Waals surface area contributed by atoms with Crippen LogP contribution in [0.4, 0.5) is 0 Å². The molecule has 1 fully saturated rings. The Kier molecular flexibility index (Phi) is 5.76. The van der Waals surface area contributed by atoms with E-state index in [1.165, 1.54) is 0 Å². The molecule has 1 atom stereocenters. The van der Waals surface area contributed by atoms with Crippen LogP contribution in [0, 0.1) is 5.92 Å². The number of nitrogens with one attached hydrogen (secondary N) is 1. The molecule has 1 aliphatic heterocycles. The number of nitrogens with zero attached hydrogens (tertiary/aromatic N) is 1. The van der Waals surface area contributed by atoms with Crippen LogP contribution in [0.15, 0.2) is 28.7 Å². The minimum absolute atomic E-state index is 0.0852. The first kappa shape index (κ1) is 16.0. The Morgan fingerprint density at radius 2 is 2.05 bits per heavy atom. The number of rotatable bonds is 5. The van der Waals surface area contributed by atoms with Gasteiger partial charge in [0.25, 0.3) is 5.91 Å². The predicted octanol–water partition coefficient (Wildman–Crippen LogP) is 1.38. The van der Waals surface area contributed by atoms with Gasteiger partial charge in [-0.25, -0.2) is 0 Å². The lowest BCUT2D eigenvalue weighted by molar-refractivity contribution is -0.130. The van der Waals surface area contributed by atoms with Crippen molar-refractivity contribution in [3.8, 4) is 0 Å². The summed E-state index contributed by atoms with van der Waals surface area (Å²) in [5.74, 6) is 0.352. The third-order valence-electron chi connectivity index (χ3n) is 3.70. The Morgan fingerprint density at radius 3 is 2.67 bits per heavy atom. The average molecular weight is 354 g/mol. The fourth-order valence-corrected chi connectivity index (χ4v) is 2.66. The van der Waals surface area contributed by atoms with Crippen molar-refractivity contribution in [2.24, 2.45) is 11.7 Å². The van der Waals surface area contributed by atoms with Crippen LogP contribution in [-0.4, -0.2) is 42.9 Å². The quantitative estimate of drug-likeness (QED) is 0.839. The molecule has 2 amide bonds. The normalized spacial score (nSPS) is 17.8. The van der Waals surface area contributed by atoms with E-state index in [0.29, 0.717) is 31.0 Å². The molecule has 1 heterocycles. The minimum Gasteiger partial charge on any atom is -0.352 e. The zero-order valence-electron chi connectivity index (χ0n) is 11.8. The van der Waals surface area contributed by atoms with Crippen LogP contribution in [0.25, 0.3) is 0 Å². The molecule has 2 rings (SSSR count). The number of hydrogen-bond donors (Lipinski definition) is 2. The van der Waals surface area contributed by atoms with Gasteiger partial charge in [0.1, 0.15) is 0 Å². The van der Waals surface area contributed by atoms with E-state index < -0.39 is 0 Å². The highest BCUT2D eigenvalue weighted by molar-refractivity contribution is 9.10. The van der Waals surface area contributed by atoms with Gasteiger partial charge in [-0.05, 0) is 43.1 Å². The fourth-order valence-electron chi connectivity index (χ4n) is 2.40. The number of hydrogen-bond acceptors (Lipinski definition) is 3. The summed E-state index contributed by atoms with van der Waals surface area (Å²) in [6.45, 7) is 2.51. The molecule has 0 radical (unpaired) electrons. The standard InChI is InChI=1S/C15H20BrN3O2/c16-13-3-1-12(2-4-13)15(21)18-7-5-14(20)19-8-6-11(9-17)10-19/h1-4,11H,5-10,17H2,(H,18,21). The van der Waals surface area contributed by atoms with E-state index in [1.807, 2.05) is 17.0 Å². The second kappa shape index (κ2) is 7.56. The van der Waals surface area contributed by atoms with E-state index in [0.717, 1.165) is 24.0 Å². The minimum atomic E-state index is -0.156. The van der Waals surface area contributed by atoms with Gasteiger partial charge in [0.05, 0.1) is 0 Å². The third-order valence-corrected chi connectivity index (χ3v) is 4.23. The zero-order chi connectivity index (χ0) is 15.2. The predicted molar refractivity (Wildman–Crippen MR) is 84.8 cm³/mol. The van der Waals surface area contributed by atoms with E-state index in [4.69, 9.17) is 5.73 Å². The van der Waals surface area contributed by atoms with Gasteiger partial charge < -0.3 is 16.0 Å². The third kappa shape index (κ3) is 4.54. The molecule has 1 aromatic rings. The van der Waals surface area contributed by atoms with Crippen molar-refractivity contribution in [2.45, 2.75) is 12.8 Å². The van der Waals surface area contributed by atoms with Gasteiger partial charge in [0.2, 0.25) is 5.91 Å². The van der Waals surface area contributed by atoms with Crippen molar-refractivity contribution in [1.82, 2.24) is 10.2 Å².